The third-order valence-electron chi connectivity index (χ3n) is 2.03. The lowest BCUT2D eigenvalue weighted by Crippen LogP contribution is -2.11. The molecule has 0 bridgehead atoms. The molecular weight excluding hydrogens is 249 g/mol. The number of aliphatic hydroxyl groups excluding tert-OH is 1. The van der Waals surface area contributed by atoms with Crippen molar-refractivity contribution in [3.63, 3.8) is 0 Å². The fraction of sp³-hybridized carbons (Fsp3) is 0.400. The van der Waals surface area contributed by atoms with Crippen LogP contribution in [0.2, 0.25) is 0 Å². The summed E-state index contributed by atoms with van der Waals surface area (Å²) in [7, 11) is 0. The topological polar surface area (TPSA) is 46.2 Å². The van der Waals surface area contributed by atoms with Crippen LogP contribution in [0.4, 0.5) is 4.39 Å². The molecule has 78 valence electrons. The van der Waals surface area contributed by atoms with Crippen molar-refractivity contribution in [2.45, 2.75) is 18.9 Å². The predicted molar refractivity (Wildman–Crippen MR) is 57.3 cm³/mol. The molecule has 4 heteroatoms. The largest absolute Gasteiger partial charge is 0.396 e. The molecule has 0 spiro atoms. The molecule has 0 aliphatic rings. The summed E-state index contributed by atoms with van der Waals surface area (Å²) in [6, 6.07) is 4.22. The molecule has 0 amide bonds. The van der Waals surface area contributed by atoms with E-state index in [1.54, 1.807) is 6.07 Å². The smallest absolute Gasteiger partial charge is 0.123 e. The molecule has 0 aromatic heterocycles. The van der Waals surface area contributed by atoms with Gasteiger partial charge in [0.2, 0.25) is 0 Å². The van der Waals surface area contributed by atoms with Gasteiger partial charge in [0, 0.05) is 17.1 Å². The summed E-state index contributed by atoms with van der Waals surface area (Å²) in [6.07, 6.45) is 1.28. The van der Waals surface area contributed by atoms with E-state index in [0.29, 0.717) is 12.8 Å². The van der Waals surface area contributed by atoms with Crippen LogP contribution in [-0.2, 0) is 0 Å². The van der Waals surface area contributed by atoms with Gasteiger partial charge in [-0.15, -0.1) is 0 Å². The molecule has 0 radical (unpaired) electrons. The minimum absolute atomic E-state index is 0.112. The second kappa shape index (κ2) is 5.44. The van der Waals surface area contributed by atoms with Gasteiger partial charge in [0.25, 0.3) is 0 Å². The first-order chi connectivity index (χ1) is 6.65. The third kappa shape index (κ3) is 3.04. The Morgan fingerprint density at radius 2 is 2.21 bits per heavy atom. The van der Waals surface area contributed by atoms with Crippen molar-refractivity contribution in [2.24, 2.45) is 5.73 Å². The molecule has 0 saturated carbocycles. The van der Waals surface area contributed by atoms with E-state index >= 15 is 0 Å². The highest BCUT2D eigenvalue weighted by atomic mass is 79.9. The van der Waals surface area contributed by atoms with Crippen molar-refractivity contribution < 1.29 is 9.50 Å². The zero-order valence-electron chi connectivity index (χ0n) is 7.71. The van der Waals surface area contributed by atoms with Gasteiger partial charge in [-0.1, -0.05) is 15.9 Å². The van der Waals surface area contributed by atoms with Gasteiger partial charge in [0.05, 0.1) is 0 Å². The predicted octanol–water partition coefficient (Wildman–Crippen LogP) is 2.36. The summed E-state index contributed by atoms with van der Waals surface area (Å²) < 4.78 is 13.7. The summed E-state index contributed by atoms with van der Waals surface area (Å²) in [4.78, 5) is 0. The lowest BCUT2D eigenvalue weighted by Gasteiger charge is -2.13. The summed E-state index contributed by atoms with van der Waals surface area (Å²) in [5, 5.41) is 8.64. The van der Waals surface area contributed by atoms with E-state index in [1.165, 1.54) is 12.1 Å². The minimum Gasteiger partial charge on any atom is -0.396 e. The molecule has 3 N–H and O–H groups in total. The van der Waals surface area contributed by atoms with E-state index in [0.717, 1.165) is 10.0 Å². The van der Waals surface area contributed by atoms with Crippen molar-refractivity contribution in [1.29, 1.82) is 0 Å². The number of hydrogen-bond donors (Lipinski definition) is 2. The fourth-order valence-corrected chi connectivity index (χ4v) is 1.81. The molecular formula is C10H13BrFNO. The molecule has 0 unspecified atom stereocenters. The SMILES string of the molecule is N[C@@H](CCCO)c1cc(F)ccc1Br. The number of aliphatic hydroxyl groups is 1. The summed E-state index contributed by atoms with van der Waals surface area (Å²) >= 11 is 3.31. The van der Waals surface area contributed by atoms with Crippen LogP contribution in [0.1, 0.15) is 24.4 Å². The van der Waals surface area contributed by atoms with Crippen molar-refractivity contribution >= 4 is 15.9 Å². The van der Waals surface area contributed by atoms with Crippen LogP contribution >= 0.6 is 15.9 Å². The molecule has 1 aromatic carbocycles. The molecule has 14 heavy (non-hydrogen) atoms. The molecule has 1 rings (SSSR count). The highest BCUT2D eigenvalue weighted by molar-refractivity contribution is 9.10. The van der Waals surface area contributed by atoms with Gasteiger partial charge >= 0.3 is 0 Å². The van der Waals surface area contributed by atoms with Gasteiger partial charge in [-0.3, -0.25) is 0 Å². The first kappa shape index (κ1) is 11.6. The summed E-state index contributed by atoms with van der Waals surface area (Å²) in [5.41, 5.74) is 6.59. The normalized spacial score (nSPS) is 12.9. The Kier molecular flexibility index (Phi) is 4.51. The number of halogens is 2. The quantitative estimate of drug-likeness (QED) is 0.874. The standard InChI is InChI=1S/C10H13BrFNO/c11-9-4-3-7(12)6-8(9)10(13)2-1-5-14/h3-4,6,10,14H,1-2,5,13H2/t10-/m0/s1. The van der Waals surface area contributed by atoms with Crippen molar-refractivity contribution in [3.8, 4) is 0 Å². The van der Waals surface area contributed by atoms with Crippen molar-refractivity contribution in [3.05, 3.63) is 34.1 Å². The molecule has 0 saturated heterocycles. The Balaban J connectivity index is 2.77. The zero-order valence-corrected chi connectivity index (χ0v) is 9.30. The van der Waals surface area contributed by atoms with E-state index in [-0.39, 0.29) is 18.5 Å². The molecule has 1 aromatic rings. The number of benzene rings is 1. The maximum Gasteiger partial charge on any atom is 0.123 e. The van der Waals surface area contributed by atoms with Gasteiger partial charge in [0.1, 0.15) is 5.82 Å². The second-order valence-electron chi connectivity index (χ2n) is 3.14. The minimum atomic E-state index is -0.289. The van der Waals surface area contributed by atoms with Crippen LogP contribution < -0.4 is 5.73 Å². The van der Waals surface area contributed by atoms with Gasteiger partial charge < -0.3 is 10.8 Å². The number of hydrogen-bond acceptors (Lipinski definition) is 2. The van der Waals surface area contributed by atoms with Gasteiger partial charge in [-0.05, 0) is 36.6 Å². The Morgan fingerprint density at radius 3 is 2.86 bits per heavy atom. The maximum atomic E-state index is 12.9. The summed E-state index contributed by atoms with van der Waals surface area (Å²) in [5.74, 6) is -0.289. The lowest BCUT2D eigenvalue weighted by atomic mass is 10.0. The Morgan fingerprint density at radius 1 is 1.50 bits per heavy atom. The maximum absolute atomic E-state index is 12.9. The third-order valence-corrected chi connectivity index (χ3v) is 2.75. The van der Waals surface area contributed by atoms with Gasteiger partial charge in [0.15, 0.2) is 0 Å². The molecule has 0 heterocycles. The average Bonchev–Trinajstić information content (AvgIpc) is 2.18. The van der Waals surface area contributed by atoms with Crippen LogP contribution in [0, 0.1) is 5.82 Å². The molecule has 1 atom stereocenters. The number of rotatable bonds is 4. The number of nitrogens with two attached hydrogens (primary N) is 1. The Bertz CT molecular complexity index is 306. The van der Waals surface area contributed by atoms with Crippen molar-refractivity contribution in [2.75, 3.05) is 6.61 Å². The second-order valence-corrected chi connectivity index (χ2v) is 3.99. The average molecular weight is 262 g/mol. The van der Waals surface area contributed by atoms with Crippen LogP contribution in [-0.4, -0.2) is 11.7 Å². The fourth-order valence-electron chi connectivity index (χ4n) is 1.27. The highest BCUT2D eigenvalue weighted by Gasteiger charge is 2.10. The van der Waals surface area contributed by atoms with Gasteiger partial charge in [-0.2, -0.15) is 0 Å². The molecule has 0 aliphatic carbocycles. The molecule has 2 nitrogen and oxygen atoms in total. The van der Waals surface area contributed by atoms with Crippen LogP contribution in [0.5, 0.6) is 0 Å². The van der Waals surface area contributed by atoms with E-state index in [9.17, 15) is 4.39 Å². The van der Waals surface area contributed by atoms with Crippen LogP contribution in [0.3, 0.4) is 0 Å². The zero-order chi connectivity index (χ0) is 10.6. The van der Waals surface area contributed by atoms with E-state index in [4.69, 9.17) is 10.8 Å². The first-order valence-corrected chi connectivity index (χ1v) is 5.26. The van der Waals surface area contributed by atoms with Gasteiger partial charge in [-0.25, -0.2) is 4.39 Å². The van der Waals surface area contributed by atoms with Crippen LogP contribution in [0.15, 0.2) is 22.7 Å². The molecule has 0 aliphatic heterocycles. The van der Waals surface area contributed by atoms with E-state index in [1.807, 2.05) is 0 Å². The lowest BCUT2D eigenvalue weighted by molar-refractivity contribution is 0.280. The summed E-state index contributed by atoms with van der Waals surface area (Å²) in [6.45, 7) is 0.112. The van der Waals surface area contributed by atoms with E-state index < -0.39 is 0 Å². The van der Waals surface area contributed by atoms with Crippen LogP contribution in [0.25, 0.3) is 0 Å². The van der Waals surface area contributed by atoms with E-state index in [2.05, 4.69) is 15.9 Å². The highest BCUT2D eigenvalue weighted by Crippen LogP contribution is 2.25. The van der Waals surface area contributed by atoms with Crippen molar-refractivity contribution in [1.82, 2.24) is 0 Å². The molecule has 0 fully saturated rings. The monoisotopic (exact) mass is 261 g/mol. The first-order valence-electron chi connectivity index (χ1n) is 4.46. The Hall–Kier alpha value is -0.450. The Labute approximate surface area is 91.1 Å².